The Labute approximate surface area is 112 Å². The molecule has 0 amide bonds. The molecule has 102 valence electrons. The number of halogens is 2. The summed E-state index contributed by atoms with van der Waals surface area (Å²) in [5.41, 5.74) is 0.299. The summed E-state index contributed by atoms with van der Waals surface area (Å²) in [5.74, 6) is -0.550. The molecule has 8 heteroatoms. The van der Waals surface area contributed by atoms with Crippen LogP contribution >= 0.6 is 11.6 Å². The molecule has 0 aliphatic carbocycles. The number of hydrogen-bond acceptors (Lipinski definition) is 5. The van der Waals surface area contributed by atoms with Crippen molar-refractivity contribution in [2.24, 2.45) is 0 Å². The molecule has 1 unspecified atom stereocenters. The van der Waals surface area contributed by atoms with Crippen molar-refractivity contribution in [2.45, 2.75) is 24.9 Å². The lowest BCUT2D eigenvalue weighted by Crippen LogP contribution is -2.24. The largest absolute Gasteiger partial charge is 0.394 e. The lowest BCUT2D eigenvalue weighted by Gasteiger charge is -2.14. The van der Waals surface area contributed by atoms with Crippen molar-refractivity contribution < 1.29 is 19.3 Å². The molecule has 3 atom stereocenters. The lowest BCUT2D eigenvalue weighted by molar-refractivity contribution is -0.0431. The molecule has 3 rings (SSSR count). The zero-order chi connectivity index (χ0) is 13.6. The summed E-state index contributed by atoms with van der Waals surface area (Å²) >= 11 is 5.83. The SMILES string of the molecule is OC[C@H]1O[C@@H](n2cc(F)c3c(Cl)ncnc32)CC1O. The second-order valence-electron chi connectivity index (χ2n) is 4.36. The molecule has 2 N–H and O–H groups in total. The molecule has 1 aliphatic heterocycles. The minimum atomic E-state index is -0.798. The summed E-state index contributed by atoms with van der Waals surface area (Å²) < 4.78 is 20.8. The van der Waals surface area contributed by atoms with Gasteiger partial charge in [0.15, 0.2) is 5.82 Å². The molecule has 0 aromatic carbocycles. The number of rotatable bonds is 2. The topological polar surface area (TPSA) is 80.4 Å². The van der Waals surface area contributed by atoms with Gasteiger partial charge in [0, 0.05) is 12.6 Å². The first-order chi connectivity index (χ1) is 9.11. The van der Waals surface area contributed by atoms with Crippen molar-refractivity contribution in [3.8, 4) is 0 Å². The van der Waals surface area contributed by atoms with E-state index in [1.807, 2.05) is 0 Å². The van der Waals surface area contributed by atoms with Gasteiger partial charge in [-0.3, -0.25) is 0 Å². The van der Waals surface area contributed by atoms with E-state index in [4.69, 9.17) is 21.4 Å². The molecule has 0 radical (unpaired) electrons. The van der Waals surface area contributed by atoms with Gasteiger partial charge in [0.05, 0.1) is 18.1 Å². The highest BCUT2D eigenvalue weighted by molar-refractivity contribution is 6.33. The number of fused-ring (bicyclic) bond motifs is 1. The van der Waals surface area contributed by atoms with Crippen LogP contribution in [0.5, 0.6) is 0 Å². The van der Waals surface area contributed by atoms with Crippen LogP contribution < -0.4 is 0 Å². The van der Waals surface area contributed by atoms with Gasteiger partial charge < -0.3 is 19.5 Å². The van der Waals surface area contributed by atoms with Crippen molar-refractivity contribution in [1.29, 1.82) is 0 Å². The predicted octanol–water partition coefficient (Wildman–Crippen LogP) is 0.864. The number of ether oxygens (including phenoxy) is 1. The number of aliphatic hydroxyl groups excluding tert-OH is 2. The van der Waals surface area contributed by atoms with E-state index in [9.17, 15) is 9.50 Å². The predicted molar refractivity (Wildman–Crippen MR) is 64.1 cm³/mol. The summed E-state index contributed by atoms with van der Waals surface area (Å²) in [6.45, 7) is -0.297. The normalized spacial score (nSPS) is 27.3. The summed E-state index contributed by atoms with van der Waals surface area (Å²) in [5, 5.41) is 18.9. The van der Waals surface area contributed by atoms with Crippen LogP contribution in [0, 0.1) is 5.82 Å². The maximum atomic E-state index is 13.8. The van der Waals surface area contributed by atoms with E-state index in [-0.39, 0.29) is 23.6 Å². The Morgan fingerprint density at radius 2 is 2.32 bits per heavy atom. The summed E-state index contributed by atoms with van der Waals surface area (Å²) in [6.07, 6.45) is 0.620. The third kappa shape index (κ3) is 1.99. The molecule has 3 heterocycles. The van der Waals surface area contributed by atoms with E-state index in [1.54, 1.807) is 0 Å². The molecule has 2 aromatic heterocycles. The molecular weight excluding hydrogens is 277 g/mol. The molecule has 1 fully saturated rings. The highest BCUT2D eigenvalue weighted by Crippen LogP contribution is 2.33. The fraction of sp³-hybridized carbons (Fsp3) is 0.455. The van der Waals surface area contributed by atoms with Crippen LogP contribution in [0.25, 0.3) is 11.0 Å². The molecule has 6 nitrogen and oxygen atoms in total. The number of nitrogens with zero attached hydrogens (tertiary/aromatic N) is 3. The minimum Gasteiger partial charge on any atom is -0.394 e. The monoisotopic (exact) mass is 287 g/mol. The van der Waals surface area contributed by atoms with Crippen LogP contribution in [0.1, 0.15) is 12.6 Å². The van der Waals surface area contributed by atoms with E-state index >= 15 is 0 Å². The van der Waals surface area contributed by atoms with E-state index < -0.39 is 24.3 Å². The Kier molecular flexibility index (Phi) is 3.14. The first-order valence-corrected chi connectivity index (χ1v) is 6.10. The van der Waals surface area contributed by atoms with Gasteiger partial charge in [-0.25, -0.2) is 14.4 Å². The maximum absolute atomic E-state index is 13.8. The van der Waals surface area contributed by atoms with Gasteiger partial charge in [-0.05, 0) is 0 Å². The number of aliphatic hydroxyl groups is 2. The van der Waals surface area contributed by atoms with Crippen LogP contribution in [0.3, 0.4) is 0 Å². The van der Waals surface area contributed by atoms with Gasteiger partial charge in [0.25, 0.3) is 0 Å². The van der Waals surface area contributed by atoms with Crippen molar-refractivity contribution in [3.05, 3.63) is 23.5 Å². The Morgan fingerprint density at radius 1 is 1.53 bits per heavy atom. The Morgan fingerprint density at radius 3 is 3.00 bits per heavy atom. The standard InChI is InChI=1S/C11H11ClFN3O3/c12-10-9-5(13)2-16(11(9)15-4-14-10)8-1-6(18)7(3-17)19-8/h2,4,6-8,17-18H,1,3H2/t6?,7-,8-/m1/s1. The molecule has 1 saturated heterocycles. The zero-order valence-corrected chi connectivity index (χ0v) is 10.5. The highest BCUT2D eigenvalue weighted by atomic mass is 35.5. The van der Waals surface area contributed by atoms with Gasteiger partial charge in [-0.1, -0.05) is 11.6 Å². The fourth-order valence-electron chi connectivity index (χ4n) is 2.27. The third-order valence-corrected chi connectivity index (χ3v) is 3.50. The van der Waals surface area contributed by atoms with Crippen molar-refractivity contribution in [2.75, 3.05) is 6.61 Å². The fourth-order valence-corrected chi connectivity index (χ4v) is 2.49. The molecule has 2 aromatic rings. The second-order valence-corrected chi connectivity index (χ2v) is 4.72. The molecule has 1 aliphatic rings. The average molecular weight is 288 g/mol. The van der Waals surface area contributed by atoms with Crippen molar-refractivity contribution in [3.63, 3.8) is 0 Å². The molecule has 0 saturated carbocycles. The first-order valence-electron chi connectivity index (χ1n) is 5.72. The highest BCUT2D eigenvalue weighted by Gasteiger charge is 2.35. The van der Waals surface area contributed by atoms with Crippen LogP contribution in [0.2, 0.25) is 5.15 Å². The van der Waals surface area contributed by atoms with Crippen LogP contribution in [-0.2, 0) is 4.74 Å². The Bertz CT molecular complexity index is 620. The van der Waals surface area contributed by atoms with E-state index in [0.29, 0.717) is 5.65 Å². The quantitative estimate of drug-likeness (QED) is 0.801. The van der Waals surface area contributed by atoms with Crippen molar-refractivity contribution in [1.82, 2.24) is 14.5 Å². The summed E-state index contributed by atoms with van der Waals surface area (Å²) in [7, 11) is 0. The maximum Gasteiger partial charge on any atom is 0.153 e. The van der Waals surface area contributed by atoms with Gasteiger partial charge in [0.1, 0.15) is 29.5 Å². The summed E-state index contributed by atoms with van der Waals surface area (Å²) in [6, 6.07) is 0. The third-order valence-electron chi connectivity index (χ3n) is 3.21. The van der Waals surface area contributed by atoms with Crippen LogP contribution in [-0.4, -0.2) is 43.6 Å². The van der Waals surface area contributed by atoms with Crippen LogP contribution in [0.4, 0.5) is 4.39 Å². The van der Waals surface area contributed by atoms with Gasteiger partial charge in [-0.15, -0.1) is 0 Å². The van der Waals surface area contributed by atoms with E-state index in [0.717, 1.165) is 0 Å². The smallest absolute Gasteiger partial charge is 0.153 e. The minimum absolute atomic E-state index is 0.0264. The average Bonchev–Trinajstić information content (AvgIpc) is 2.91. The lowest BCUT2D eigenvalue weighted by atomic mass is 10.2. The van der Waals surface area contributed by atoms with E-state index in [1.165, 1.54) is 17.1 Å². The van der Waals surface area contributed by atoms with Gasteiger partial charge in [-0.2, -0.15) is 0 Å². The molecule has 0 bridgehead atoms. The molecule has 0 spiro atoms. The number of aromatic nitrogens is 3. The Hall–Kier alpha value is -1.28. The second kappa shape index (κ2) is 4.68. The van der Waals surface area contributed by atoms with Gasteiger partial charge in [0.2, 0.25) is 0 Å². The first kappa shape index (κ1) is 12.7. The molecular formula is C11H11ClFN3O3. The van der Waals surface area contributed by atoms with Crippen LogP contribution in [0.15, 0.2) is 12.5 Å². The van der Waals surface area contributed by atoms with Crippen molar-refractivity contribution >= 4 is 22.6 Å². The summed E-state index contributed by atoms with van der Waals surface area (Å²) in [4.78, 5) is 7.71. The number of hydrogen-bond donors (Lipinski definition) is 2. The Balaban J connectivity index is 2.05. The molecule has 19 heavy (non-hydrogen) atoms. The van der Waals surface area contributed by atoms with E-state index in [2.05, 4.69) is 9.97 Å². The van der Waals surface area contributed by atoms with Gasteiger partial charge >= 0.3 is 0 Å². The zero-order valence-electron chi connectivity index (χ0n) is 9.70.